The van der Waals surface area contributed by atoms with Gasteiger partial charge < -0.3 is 20.4 Å². The Labute approximate surface area is 212 Å². The van der Waals surface area contributed by atoms with Crippen molar-refractivity contribution in [3.63, 3.8) is 0 Å². The minimum Gasteiger partial charge on any atom is -0.367 e. The van der Waals surface area contributed by atoms with Gasteiger partial charge in [-0.3, -0.25) is 9.59 Å². The van der Waals surface area contributed by atoms with E-state index < -0.39 is 17.8 Å². The van der Waals surface area contributed by atoms with E-state index >= 15 is 0 Å². The fourth-order valence-corrected chi connectivity index (χ4v) is 4.64. The van der Waals surface area contributed by atoms with Crippen molar-refractivity contribution in [1.29, 1.82) is 0 Å². The molecule has 1 fully saturated rings. The van der Waals surface area contributed by atoms with Crippen LogP contribution in [0.5, 0.6) is 0 Å². The highest BCUT2D eigenvalue weighted by Crippen LogP contribution is 2.33. The van der Waals surface area contributed by atoms with E-state index in [4.69, 9.17) is 9.97 Å². The number of rotatable bonds is 6. The van der Waals surface area contributed by atoms with Crippen LogP contribution in [0.25, 0.3) is 0 Å². The maximum Gasteiger partial charge on any atom is 0.254 e. The van der Waals surface area contributed by atoms with Crippen LogP contribution in [-0.4, -0.2) is 50.3 Å². The second-order valence-corrected chi connectivity index (χ2v) is 9.47. The first-order valence-electron chi connectivity index (χ1n) is 12.2. The summed E-state index contributed by atoms with van der Waals surface area (Å²) in [4.78, 5) is 42.8. The van der Waals surface area contributed by atoms with Crippen LogP contribution in [0.4, 0.5) is 26.2 Å². The van der Waals surface area contributed by atoms with Gasteiger partial charge in [0.05, 0.1) is 30.7 Å². The van der Waals surface area contributed by atoms with E-state index in [-0.39, 0.29) is 24.4 Å². The molecule has 5 rings (SSSR count). The molecule has 1 aromatic carbocycles. The number of aromatic nitrogens is 3. The molecule has 0 aliphatic carbocycles. The first-order chi connectivity index (χ1) is 17.8. The molecule has 1 unspecified atom stereocenters. The zero-order chi connectivity index (χ0) is 26.1. The van der Waals surface area contributed by atoms with Crippen molar-refractivity contribution >= 4 is 29.3 Å². The molecule has 2 aliphatic rings. The zero-order valence-corrected chi connectivity index (χ0v) is 20.5. The Morgan fingerprint density at radius 2 is 1.84 bits per heavy atom. The molecule has 2 N–H and O–H groups in total. The maximum absolute atomic E-state index is 13.3. The molecule has 0 spiro atoms. The van der Waals surface area contributed by atoms with Crippen molar-refractivity contribution in [3.8, 4) is 0 Å². The molecule has 0 radical (unpaired) electrons. The Balaban J connectivity index is 1.40. The summed E-state index contributed by atoms with van der Waals surface area (Å²) in [6, 6.07) is 7.69. The van der Waals surface area contributed by atoms with Crippen LogP contribution in [-0.2, 0) is 17.9 Å². The van der Waals surface area contributed by atoms with Gasteiger partial charge in [-0.25, -0.2) is 14.4 Å². The highest BCUT2D eigenvalue weighted by Gasteiger charge is 2.35. The summed E-state index contributed by atoms with van der Waals surface area (Å²) < 4.78 is 26.5. The number of hydrogen-bond donors (Lipinski definition) is 2. The van der Waals surface area contributed by atoms with E-state index in [0.29, 0.717) is 48.2 Å². The molecule has 2 aliphatic heterocycles. The molecule has 1 saturated heterocycles. The number of hydrogen-bond acceptors (Lipinski definition) is 7. The van der Waals surface area contributed by atoms with E-state index in [9.17, 15) is 18.4 Å². The molecule has 11 heteroatoms. The Morgan fingerprint density at radius 3 is 2.54 bits per heavy atom. The molecule has 2 amide bonds. The topological polar surface area (TPSA) is 103 Å². The van der Waals surface area contributed by atoms with Gasteiger partial charge in [-0.1, -0.05) is 0 Å². The van der Waals surface area contributed by atoms with Crippen LogP contribution in [0.2, 0.25) is 0 Å². The number of nitrogens with zero attached hydrogens (tertiary/aromatic N) is 5. The molecule has 37 heavy (non-hydrogen) atoms. The average molecular weight is 508 g/mol. The van der Waals surface area contributed by atoms with Gasteiger partial charge in [0.2, 0.25) is 17.8 Å². The quantitative estimate of drug-likeness (QED) is 0.490. The predicted molar refractivity (Wildman–Crippen MR) is 134 cm³/mol. The normalized spacial score (nSPS) is 16.7. The number of fused-ring (bicyclic) bond motifs is 1. The summed E-state index contributed by atoms with van der Waals surface area (Å²) in [7, 11) is 0. The maximum atomic E-state index is 13.3. The number of halogens is 2. The molecule has 0 saturated carbocycles. The van der Waals surface area contributed by atoms with Gasteiger partial charge in [0.1, 0.15) is 17.7 Å². The molecule has 192 valence electrons. The molecular weight excluding hydrogens is 480 g/mol. The van der Waals surface area contributed by atoms with Crippen LogP contribution in [0.1, 0.15) is 48.3 Å². The summed E-state index contributed by atoms with van der Waals surface area (Å²) in [6.07, 6.45) is 2.67. The van der Waals surface area contributed by atoms with Gasteiger partial charge in [0.15, 0.2) is 0 Å². The molecule has 0 bridgehead atoms. The lowest BCUT2D eigenvalue weighted by Crippen LogP contribution is -2.41. The fourth-order valence-electron chi connectivity index (χ4n) is 4.64. The number of anilines is 3. The van der Waals surface area contributed by atoms with Gasteiger partial charge in [-0.2, -0.15) is 9.37 Å². The number of benzene rings is 1. The van der Waals surface area contributed by atoms with Crippen molar-refractivity contribution in [2.75, 3.05) is 22.1 Å². The number of carbonyl (C=O) groups excluding carboxylic acids is 2. The van der Waals surface area contributed by atoms with E-state index in [2.05, 4.69) is 15.6 Å². The lowest BCUT2D eigenvalue weighted by atomic mass is 10.2. The number of nitrogens with one attached hydrogen (secondary N) is 2. The third-order valence-electron chi connectivity index (χ3n) is 6.38. The van der Waals surface area contributed by atoms with Crippen molar-refractivity contribution < 1.29 is 18.4 Å². The van der Waals surface area contributed by atoms with Gasteiger partial charge in [0.25, 0.3) is 5.91 Å². The molecular formula is C26H27F2N7O2. The third-order valence-corrected chi connectivity index (χ3v) is 6.38. The van der Waals surface area contributed by atoms with Crippen LogP contribution < -0.4 is 15.5 Å². The minimum absolute atomic E-state index is 0.0809. The molecule has 2 aromatic heterocycles. The number of amides is 2. The largest absolute Gasteiger partial charge is 0.367 e. The fraction of sp³-hybridized carbons (Fsp3) is 0.346. The minimum atomic E-state index is -0.621. The Bertz CT molecular complexity index is 1320. The monoisotopic (exact) mass is 507 g/mol. The van der Waals surface area contributed by atoms with Crippen molar-refractivity contribution in [1.82, 2.24) is 19.9 Å². The van der Waals surface area contributed by atoms with Gasteiger partial charge in [-0.05, 0) is 63.1 Å². The summed E-state index contributed by atoms with van der Waals surface area (Å²) in [5.41, 5.74) is 2.33. The lowest BCUT2D eigenvalue weighted by molar-refractivity contribution is -0.117. The highest BCUT2D eigenvalue weighted by atomic mass is 19.1. The number of pyridine rings is 1. The highest BCUT2D eigenvalue weighted by molar-refractivity contribution is 5.97. The summed E-state index contributed by atoms with van der Waals surface area (Å²) in [5.74, 6) is -0.460. The lowest BCUT2D eigenvalue weighted by Gasteiger charge is -2.25. The van der Waals surface area contributed by atoms with Crippen molar-refractivity contribution in [2.45, 2.75) is 51.9 Å². The van der Waals surface area contributed by atoms with E-state index in [1.807, 2.05) is 18.7 Å². The Hall–Kier alpha value is -4.15. The second-order valence-electron chi connectivity index (χ2n) is 9.47. The first kappa shape index (κ1) is 24.5. The van der Waals surface area contributed by atoms with E-state index in [0.717, 1.165) is 12.0 Å². The Morgan fingerprint density at radius 1 is 1.05 bits per heavy atom. The summed E-state index contributed by atoms with van der Waals surface area (Å²) >= 11 is 0. The van der Waals surface area contributed by atoms with Crippen molar-refractivity contribution in [2.24, 2.45) is 0 Å². The van der Waals surface area contributed by atoms with Gasteiger partial charge >= 0.3 is 0 Å². The van der Waals surface area contributed by atoms with Crippen LogP contribution >= 0.6 is 0 Å². The van der Waals surface area contributed by atoms with E-state index in [1.165, 1.54) is 42.6 Å². The first-order valence-corrected chi connectivity index (χ1v) is 12.2. The van der Waals surface area contributed by atoms with Crippen LogP contribution in [0.3, 0.4) is 0 Å². The average Bonchev–Trinajstić information content (AvgIpc) is 3.53. The SMILES string of the molecule is CC(C)Nc1nc(N2CCCC2C(=O)Nc2ccc(F)nc2)nc2c1CN(C(=O)c1ccc(F)cc1)C2. The molecule has 3 aromatic rings. The smallest absolute Gasteiger partial charge is 0.254 e. The molecule has 9 nitrogen and oxygen atoms in total. The molecule has 4 heterocycles. The predicted octanol–water partition coefficient (Wildman–Crippen LogP) is 3.73. The van der Waals surface area contributed by atoms with Gasteiger partial charge in [-0.15, -0.1) is 0 Å². The van der Waals surface area contributed by atoms with Crippen LogP contribution in [0.15, 0.2) is 42.6 Å². The summed E-state index contributed by atoms with van der Waals surface area (Å²) in [6.45, 7) is 5.18. The summed E-state index contributed by atoms with van der Waals surface area (Å²) in [5, 5.41) is 6.15. The Kier molecular flexibility index (Phi) is 6.68. The standard InChI is InChI=1S/C26H27F2N7O2/c1-15(2)30-23-19-13-34(25(37)16-5-7-17(27)8-6-16)14-20(19)32-26(33-23)35-11-3-4-21(35)24(36)31-18-9-10-22(28)29-12-18/h5-10,12,15,21H,3-4,11,13-14H2,1-2H3,(H,31,36)(H,30,32,33). The van der Waals surface area contributed by atoms with Crippen LogP contribution in [0, 0.1) is 11.8 Å². The van der Waals surface area contributed by atoms with Crippen molar-refractivity contribution in [3.05, 3.63) is 71.2 Å². The second kappa shape index (κ2) is 10.1. The third kappa shape index (κ3) is 5.20. The number of carbonyl (C=O) groups is 2. The zero-order valence-electron chi connectivity index (χ0n) is 20.5. The van der Waals surface area contributed by atoms with Gasteiger partial charge in [0, 0.05) is 23.7 Å². The van der Waals surface area contributed by atoms with E-state index in [1.54, 1.807) is 4.90 Å². The molecule has 1 atom stereocenters.